The van der Waals surface area contributed by atoms with Crippen LogP contribution in [0.4, 0.5) is 5.82 Å². The van der Waals surface area contributed by atoms with Gasteiger partial charge in [-0.25, -0.2) is 0 Å². The van der Waals surface area contributed by atoms with Crippen LogP contribution in [0, 0.1) is 0 Å². The molecule has 1 amide bonds. The smallest absolute Gasteiger partial charge is 0.274 e. The average Bonchev–Trinajstić information content (AvgIpc) is 3.28. The van der Waals surface area contributed by atoms with E-state index in [1.54, 1.807) is 6.07 Å². The molecule has 1 saturated carbocycles. The van der Waals surface area contributed by atoms with E-state index in [4.69, 9.17) is 0 Å². The van der Waals surface area contributed by atoms with Gasteiger partial charge in [-0.2, -0.15) is 0 Å². The number of piperazine rings is 1. The molecule has 1 aliphatic carbocycles. The van der Waals surface area contributed by atoms with Gasteiger partial charge in [-0.05, 0) is 30.5 Å². The maximum atomic E-state index is 12.7. The van der Waals surface area contributed by atoms with E-state index in [0.717, 1.165) is 38.5 Å². The molecule has 0 atom stereocenters. The van der Waals surface area contributed by atoms with Gasteiger partial charge in [0.1, 0.15) is 5.82 Å². The van der Waals surface area contributed by atoms with Crippen LogP contribution in [0.25, 0.3) is 6.08 Å². The van der Waals surface area contributed by atoms with Crippen molar-refractivity contribution < 1.29 is 4.79 Å². The zero-order valence-corrected chi connectivity index (χ0v) is 16.8. The van der Waals surface area contributed by atoms with Gasteiger partial charge in [0.25, 0.3) is 5.91 Å². The van der Waals surface area contributed by atoms with Crippen molar-refractivity contribution in [2.75, 3.05) is 38.0 Å². The molecule has 2 heterocycles. The lowest BCUT2D eigenvalue weighted by atomic mass is 10.2. The Hall–Kier alpha value is -2.73. The van der Waals surface area contributed by atoms with Crippen LogP contribution in [0.15, 0.2) is 48.5 Å². The molecule has 6 heteroatoms. The van der Waals surface area contributed by atoms with E-state index in [1.165, 1.54) is 31.2 Å². The van der Waals surface area contributed by atoms with E-state index < -0.39 is 0 Å². The van der Waals surface area contributed by atoms with Crippen LogP contribution < -0.4 is 5.32 Å². The summed E-state index contributed by atoms with van der Waals surface area (Å²) < 4.78 is 0. The van der Waals surface area contributed by atoms with Crippen molar-refractivity contribution in [1.82, 2.24) is 20.0 Å². The van der Waals surface area contributed by atoms with Crippen LogP contribution in [0.5, 0.6) is 0 Å². The zero-order chi connectivity index (χ0) is 19.9. The van der Waals surface area contributed by atoms with E-state index in [9.17, 15) is 4.79 Å². The standard InChI is InChI=1S/C23H29N5O/c29-23(21-12-13-22(26-25-21)24-20-10-4-5-11-20)28-17-15-27(16-18-28)14-6-9-19-7-2-1-3-8-19/h1-3,6-9,12-13,20H,4-5,10-11,14-18H2,(H,24,26)/b9-6+. The molecule has 2 fully saturated rings. The highest BCUT2D eigenvalue weighted by atomic mass is 16.2. The number of amides is 1. The monoisotopic (exact) mass is 391 g/mol. The topological polar surface area (TPSA) is 61.4 Å². The van der Waals surface area contributed by atoms with Gasteiger partial charge < -0.3 is 10.2 Å². The molecule has 0 bridgehead atoms. The number of hydrogen-bond donors (Lipinski definition) is 1. The highest BCUT2D eigenvalue weighted by Crippen LogP contribution is 2.21. The number of nitrogens with zero attached hydrogens (tertiary/aromatic N) is 4. The normalized spacial score (nSPS) is 18.4. The summed E-state index contributed by atoms with van der Waals surface area (Å²) in [4.78, 5) is 17.0. The molecule has 6 nitrogen and oxygen atoms in total. The first-order valence-corrected chi connectivity index (χ1v) is 10.6. The Bertz CT molecular complexity index is 807. The Kier molecular flexibility index (Phi) is 6.52. The van der Waals surface area contributed by atoms with Crippen LogP contribution in [0.2, 0.25) is 0 Å². The third kappa shape index (κ3) is 5.41. The second kappa shape index (κ2) is 9.65. The largest absolute Gasteiger partial charge is 0.366 e. The van der Waals surface area contributed by atoms with Crippen molar-refractivity contribution in [1.29, 1.82) is 0 Å². The minimum Gasteiger partial charge on any atom is -0.366 e. The Morgan fingerprint density at radius 2 is 1.76 bits per heavy atom. The molecule has 0 unspecified atom stereocenters. The van der Waals surface area contributed by atoms with Crippen molar-refractivity contribution in [3.05, 3.63) is 59.8 Å². The van der Waals surface area contributed by atoms with Crippen molar-refractivity contribution in [3.8, 4) is 0 Å². The first kappa shape index (κ1) is 19.6. The summed E-state index contributed by atoms with van der Waals surface area (Å²) in [6.45, 7) is 4.10. The van der Waals surface area contributed by atoms with Crippen molar-refractivity contribution in [3.63, 3.8) is 0 Å². The van der Waals surface area contributed by atoms with E-state index >= 15 is 0 Å². The third-order valence-electron chi connectivity index (χ3n) is 5.72. The Labute approximate surface area is 172 Å². The van der Waals surface area contributed by atoms with Crippen molar-refractivity contribution in [2.24, 2.45) is 0 Å². The molecule has 1 aromatic carbocycles. The van der Waals surface area contributed by atoms with Gasteiger partial charge in [0.15, 0.2) is 5.69 Å². The lowest BCUT2D eigenvalue weighted by molar-refractivity contribution is 0.0643. The lowest BCUT2D eigenvalue weighted by Gasteiger charge is -2.33. The summed E-state index contributed by atoms with van der Waals surface area (Å²) in [6, 6.07) is 14.5. The molecule has 2 aliphatic rings. The number of nitrogens with one attached hydrogen (secondary N) is 1. The molecule has 1 N–H and O–H groups in total. The zero-order valence-electron chi connectivity index (χ0n) is 16.8. The Balaban J connectivity index is 1.23. The molecular formula is C23H29N5O. The predicted molar refractivity (Wildman–Crippen MR) is 116 cm³/mol. The van der Waals surface area contributed by atoms with Gasteiger partial charge in [0.05, 0.1) is 0 Å². The molecule has 29 heavy (non-hydrogen) atoms. The minimum atomic E-state index is -0.0237. The molecule has 152 valence electrons. The number of carbonyl (C=O) groups is 1. The van der Waals surface area contributed by atoms with Crippen LogP contribution in [0.1, 0.15) is 41.7 Å². The maximum absolute atomic E-state index is 12.7. The van der Waals surface area contributed by atoms with E-state index in [2.05, 4.69) is 44.7 Å². The first-order chi connectivity index (χ1) is 14.3. The van der Waals surface area contributed by atoms with Crippen molar-refractivity contribution in [2.45, 2.75) is 31.7 Å². The summed E-state index contributed by atoms with van der Waals surface area (Å²) in [6.07, 6.45) is 9.26. The molecule has 0 spiro atoms. The first-order valence-electron chi connectivity index (χ1n) is 10.6. The molecule has 1 aromatic heterocycles. The summed E-state index contributed by atoms with van der Waals surface area (Å²) in [5.41, 5.74) is 1.64. The van der Waals surface area contributed by atoms with E-state index in [1.807, 2.05) is 29.2 Å². The molecular weight excluding hydrogens is 362 g/mol. The van der Waals surface area contributed by atoms with E-state index in [-0.39, 0.29) is 5.91 Å². The highest BCUT2D eigenvalue weighted by Gasteiger charge is 2.23. The van der Waals surface area contributed by atoms with Crippen LogP contribution in [0.3, 0.4) is 0 Å². The SMILES string of the molecule is O=C(c1ccc(NC2CCCC2)nn1)N1CCN(C/C=C/c2ccccc2)CC1. The number of rotatable bonds is 6. The maximum Gasteiger partial charge on any atom is 0.274 e. The predicted octanol–water partition coefficient (Wildman–Crippen LogP) is 3.30. The quantitative estimate of drug-likeness (QED) is 0.819. The second-order valence-electron chi connectivity index (χ2n) is 7.84. The van der Waals surface area contributed by atoms with Crippen LogP contribution in [-0.4, -0.2) is 64.7 Å². The lowest BCUT2D eigenvalue weighted by Crippen LogP contribution is -2.48. The van der Waals surface area contributed by atoms with Gasteiger partial charge in [-0.1, -0.05) is 55.3 Å². The number of hydrogen-bond acceptors (Lipinski definition) is 5. The summed E-state index contributed by atoms with van der Waals surface area (Å²) in [5, 5.41) is 11.8. The van der Waals surface area contributed by atoms with Crippen LogP contribution in [-0.2, 0) is 0 Å². The van der Waals surface area contributed by atoms with Gasteiger partial charge in [0.2, 0.25) is 0 Å². The number of benzene rings is 1. The fraction of sp³-hybridized carbons (Fsp3) is 0.435. The van der Waals surface area contributed by atoms with E-state index in [0.29, 0.717) is 11.7 Å². The molecule has 1 saturated heterocycles. The summed E-state index contributed by atoms with van der Waals surface area (Å²) >= 11 is 0. The molecule has 0 radical (unpaired) electrons. The van der Waals surface area contributed by atoms with Gasteiger partial charge in [-0.15, -0.1) is 10.2 Å². The number of anilines is 1. The van der Waals surface area contributed by atoms with Gasteiger partial charge >= 0.3 is 0 Å². The number of aromatic nitrogens is 2. The summed E-state index contributed by atoms with van der Waals surface area (Å²) in [7, 11) is 0. The average molecular weight is 392 g/mol. The summed E-state index contributed by atoms with van der Waals surface area (Å²) in [5.74, 6) is 0.743. The third-order valence-corrected chi connectivity index (χ3v) is 5.72. The highest BCUT2D eigenvalue weighted by molar-refractivity contribution is 5.92. The minimum absolute atomic E-state index is 0.0237. The number of carbonyl (C=O) groups excluding carboxylic acids is 1. The molecule has 1 aliphatic heterocycles. The van der Waals surface area contributed by atoms with Crippen LogP contribution >= 0.6 is 0 Å². The van der Waals surface area contributed by atoms with Crippen molar-refractivity contribution >= 4 is 17.8 Å². The fourth-order valence-electron chi connectivity index (χ4n) is 4.00. The molecule has 2 aromatic rings. The van der Waals surface area contributed by atoms with Gasteiger partial charge in [0, 0.05) is 38.8 Å². The van der Waals surface area contributed by atoms with Gasteiger partial charge in [-0.3, -0.25) is 9.69 Å². The Morgan fingerprint density at radius 1 is 1.00 bits per heavy atom. The fourth-order valence-corrected chi connectivity index (χ4v) is 4.00. The second-order valence-corrected chi connectivity index (χ2v) is 7.84. The molecule has 4 rings (SSSR count). The Morgan fingerprint density at radius 3 is 2.45 bits per heavy atom.